The van der Waals surface area contributed by atoms with Crippen molar-refractivity contribution >= 4 is 50.8 Å². The minimum atomic E-state index is -3.85. The van der Waals surface area contributed by atoms with Crippen LogP contribution in [0.1, 0.15) is 10.4 Å². The number of sulfonamides is 1. The van der Waals surface area contributed by atoms with Gasteiger partial charge in [0.1, 0.15) is 23.9 Å². The van der Waals surface area contributed by atoms with Gasteiger partial charge in [-0.25, -0.2) is 13.2 Å². The van der Waals surface area contributed by atoms with Crippen LogP contribution in [-0.4, -0.2) is 58.2 Å². The molecule has 0 saturated carbocycles. The Morgan fingerprint density at radius 1 is 1.00 bits per heavy atom. The fraction of sp³-hybridized carbons (Fsp3) is 0.316. The van der Waals surface area contributed by atoms with Crippen LogP contribution in [0.3, 0.4) is 0 Å². The maximum Gasteiger partial charge on any atom is 0.338 e. The lowest BCUT2D eigenvalue weighted by Gasteiger charge is -2.26. The number of halogens is 3. The van der Waals surface area contributed by atoms with Gasteiger partial charge in [0, 0.05) is 18.1 Å². The summed E-state index contributed by atoms with van der Waals surface area (Å²) in [6.07, 6.45) is 0. The monoisotopic (exact) mass is 493 g/mol. The van der Waals surface area contributed by atoms with Crippen LogP contribution in [0.4, 0.5) is 0 Å². The summed E-state index contributed by atoms with van der Waals surface area (Å²) in [6.45, 7) is 1.04. The first-order valence-corrected chi connectivity index (χ1v) is 11.5. The fourth-order valence-electron chi connectivity index (χ4n) is 2.72. The quantitative estimate of drug-likeness (QED) is 0.429. The second-order valence-corrected chi connectivity index (χ2v) is 9.38. The van der Waals surface area contributed by atoms with E-state index in [2.05, 4.69) is 0 Å². The van der Waals surface area contributed by atoms with Crippen LogP contribution in [0, 0.1) is 0 Å². The predicted octanol–water partition coefficient (Wildman–Crippen LogP) is 3.90. The number of carbonyl (C=O) groups excluding carboxylic acids is 1. The van der Waals surface area contributed by atoms with E-state index >= 15 is 0 Å². The summed E-state index contributed by atoms with van der Waals surface area (Å²) in [4.78, 5) is 12.2. The van der Waals surface area contributed by atoms with E-state index in [0.717, 1.165) is 0 Å². The van der Waals surface area contributed by atoms with E-state index in [-0.39, 0.29) is 41.8 Å². The van der Waals surface area contributed by atoms with E-state index < -0.39 is 16.0 Å². The Kier molecular flexibility index (Phi) is 7.84. The number of benzene rings is 2. The Hall–Kier alpha value is -1.55. The first-order chi connectivity index (χ1) is 14.3. The molecule has 0 N–H and O–H groups in total. The minimum absolute atomic E-state index is 0.0266. The van der Waals surface area contributed by atoms with Crippen LogP contribution in [0.5, 0.6) is 5.75 Å². The fourth-order valence-corrected chi connectivity index (χ4v) is 5.09. The molecule has 0 aliphatic carbocycles. The first kappa shape index (κ1) is 23.1. The third-order valence-corrected chi connectivity index (χ3v) is 7.13. The highest BCUT2D eigenvalue weighted by Gasteiger charge is 2.29. The van der Waals surface area contributed by atoms with Gasteiger partial charge in [-0.3, -0.25) is 0 Å². The molecule has 30 heavy (non-hydrogen) atoms. The van der Waals surface area contributed by atoms with Crippen molar-refractivity contribution in [3.63, 3.8) is 0 Å². The van der Waals surface area contributed by atoms with E-state index in [1.807, 2.05) is 0 Å². The van der Waals surface area contributed by atoms with Gasteiger partial charge in [0.15, 0.2) is 0 Å². The molecule has 1 fully saturated rings. The molecular weight excluding hydrogens is 477 g/mol. The Morgan fingerprint density at radius 3 is 2.43 bits per heavy atom. The summed E-state index contributed by atoms with van der Waals surface area (Å²) in [5.74, 6) is -0.293. The average Bonchev–Trinajstić information content (AvgIpc) is 2.73. The number of ether oxygens (including phenoxy) is 3. The van der Waals surface area contributed by atoms with Crippen LogP contribution in [0.2, 0.25) is 15.1 Å². The molecule has 1 aliphatic heterocycles. The van der Waals surface area contributed by atoms with E-state index in [9.17, 15) is 13.2 Å². The highest BCUT2D eigenvalue weighted by atomic mass is 35.5. The van der Waals surface area contributed by atoms with Crippen LogP contribution in [0.15, 0.2) is 41.3 Å². The average molecular weight is 495 g/mol. The third-order valence-electron chi connectivity index (χ3n) is 4.22. The first-order valence-electron chi connectivity index (χ1n) is 8.91. The molecule has 0 radical (unpaired) electrons. The van der Waals surface area contributed by atoms with Crippen molar-refractivity contribution in [1.29, 1.82) is 0 Å². The SMILES string of the molecule is O=C(OCCOc1ccc(Cl)cc1Cl)c1ccc(Cl)c(S(=O)(=O)N2CCOCC2)c1. The van der Waals surface area contributed by atoms with Gasteiger partial charge in [-0.1, -0.05) is 34.8 Å². The Bertz CT molecular complexity index is 1020. The molecule has 1 saturated heterocycles. The molecule has 2 aromatic rings. The molecule has 2 aromatic carbocycles. The van der Waals surface area contributed by atoms with Crippen LogP contribution >= 0.6 is 34.8 Å². The van der Waals surface area contributed by atoms with Crippen molar-refractivity contribution in [2.45, 2.75) is 4.90 Å². The maximum atomic E-state index is 12.8. The molecular formula is C19H18Cl3NO6S. The third kappa shape index (κ3) is 5.57. The molecule has 7 nitrogen and oxygen atoms in total. The van der Waals surface area contributed by atoms with E-state index in [0.29, 0.717) is 29.0 Å². The molecule has 11 heteroatoms. The topological polar surface area (TPSA) is 82.1 Å². The number of esters is 1. The maximum absolute atomic E-state index is 12.8. The molecule has 0 bridgehead atoms. The number of morpholine rings is 1. The molecule has 0 spiro atoms. The highest BCUT2D eigenvalue weighted by Crippen LogP contribution is 2.28. The van der Waals surface area contributed by atoms with Crippen molar-refractivity contribution < 1.29 is 27.4 Å². The summed E-state index contributed by atoms with van der Waals surface area (Å²) in [5, 5.41) is 0.840. The number of rotatable bonds is 7. The molecule has 3 rings (SSSR count). The largest absolute Gasteiger partial charge is 0.488 e. The number of carbonyl (C=O) groups is 1. The zero-order chi connectivity index (χ0) is 21.7. The van der Waals surface area contributed by atoms with Gasteiger partial charge >= 0.3 is 5.97 Å². The van der Waals surface area contributed by atoms with Gasteiger partial charge in [-0.2, -0.15) is 4.31 Å². The summed E-state index contributed by atoms with van der Waals surface area (Å²) >= 11 is 17.9. The molecule has 0 unspecified atom stereocenters. The second-order valence-electron chi connectivity index (χ2n) is 6.22. The van der Waals surface area contributed by atoms with Crippen molar-refractivity contribution in [2.24, 2.45) is 0 Å². The van der Waals surface area contributed by atoms with E-state index in [1.54, 1.807) is 12.1 Å². The Morgan fingerprint density at radius 2 is 1.73 bits per heavy atom. The van der Waals surface area contributed by atoms with Crippen molar-refractivity contribution in [2.75, 3.05) is 39.5 Å². The normalized spacial score (nSPS) is 15.0. The summed E-state index contributed by atoms with van der Waals surface area (Å²) < 4.78 is 42.8. The number of nitrogens with zero attached hydrogens (tertiary/aromatic N) is 1. The standard InChI is InChI=1S/C19H18Cl3NO6S/c20-14-2-4-17(16(22)12-14)28-9-10-29-19(24)13-1-3-15(21)18(11-13)30(25,26)23-5-7-27-8-6-23/h1-4,11-12H,5-10H2. The molecule has 0 amide bonds. The minimum Gasteiger partial charge on any atom is -0.488 e. The molecule has 0 aromatic heterocycles. The summed E-state index contributed by atoms with van der Waals surface area (Å²) in [6, 6.07) is 8.74. The number of hydrogen-bond acceptors (Lipinski definition) is 6. The van der Waals surface area contributed by atoms with Crippen molar-refractivity contribution in [3.8, 4) is 5.75 Å². The van der Waals surface area contributed by atoms with Crippen LogP contribution in [0.25, 0.3) is 0 Å². The smallest absolute Gasteiger partial charge is 0.338 e. The number of hydrogen-bond donors (Lipinski definition) is 0. The lowest BCUT2D eigenvalue weighted by molar-refractivity contribution is 0.0450. The summed E-state index contributed by atoms with van der Waals surface area (Å²) in [7, 11) is -3.85. The Labute approximate surface area is 189 Å². The molecule has 0 atom stereocenters. The van der Waals surface area contributed by atoms with Gasteiger partial charge in [0.25, 0.3) is 0 Å². The molecule has 1 heterocycles. The predicted molar refractivity (Wildman–Crippen MR) is 113 cm³/mol. The van der Waals surface area contributed by atoms with Gasteiger partial charge in [0.2, 0.25) is 10.0 Å². The van der Waals surface area contributed by atoms with Crippen molar-refractivity contribution in [3.05, 3.63) is 57.0 Å². The lowest BCUT2D eigenvalue weighted by Crippen LogP contribution is -2.40. The van der Waals surface area contributed by atoms with Crippen LogP contribution in [-0.2, 0) is 19.5 Å². The second kappa shape index (κ2) is 10.2. The van der Waals surface area contributed by atoms with Gasteiger partial charge in [-0.05, 0) is 36.4 Å². The van der Waals surface area contributed by atoms with Gasteiger partial charge in [0.05, 0.1) is 28.8 Å². The van der Waals surface area contributed by atoms with Crippen molar-refractivity contribution in [1.82, 2.24) is 4.31 Å². The highest BCUT2D eigenvalue weighted by molar-refractivity contribution is 7.89. The zero-order valence-electron chi connectivity index (χ0n) is 15.6. The molecule has 1 aliphatic rings. The molecule has 162 valence electrons. The van der Waals surface area contributed by atoms with Gasteiger partial charge < -0.3 is 14.2 Å². The zero-order valence-corrected chi connectivity index (χ0v) is 18.7. The van der Waals surface area contributed by atoms with E-state index in [4.69, 9.17) is 49.0 Å². The lowest BCUT2D eigenvalue weighted by atomic mass is 10.2. The van der Waals surface area contributed by atoms with Gasteiger partial charge in [-0.15, -0.1) is 0 Å². The van der Waals surface area contributed by atoms with Crippen LogP contribution < -0.4 is 4.74 Å². The van der Waals surface area contributed by atoms with E-state index in [1.165, 1.54) is 28.6 Å². The Balaban J connectivity index is 1.63. The summed E-state index contributed by atoms with van der Waals surface area (Å²) in [5.41, 5.74) is 0.0655.